The summed E-state index contributed by atoms with van der Waals surface area (Å²) in [6.07, 6.45) is 2.14. The molecule has 0 spiro atoms. The molecule has 144 valence electrons. The molecule has 3 aromatic carbocycles. The molecule has 0 radical (unpaired) electrons. The first-order chi connectivity index (χ1) is 14.2. The largest absolute Gasteiger partial charge is 0.355 e. The Morgan fingerprint density at radius 1 is 1.00 bits per heavy atom. The average Bonchev–Trinajstić information content (AvgIpc) is 3.12. The summed E-state index contributed by atoms with van der Waals surface area (Å²) in [5.74, 6) is 0.796. The predicted molar refractivity (Wildman–Crippen MR) is 119 cm³/mol. The number of hydrogen-bond acceptors (Lipinski definition) is 2. The fraction of sp³-hybridized carbons (Fsp3) is 0.120. The van der Waals surface area contributed by atoms with Gasteiger partial charge in [0.15, 0.2) is 0 Å². The van der Waals surface area contributed by atoms with Crippen LogP contribution in [0.2, 0.25) is 0 Å². The zero-order valence-corrected chi connectivity index (χ0v) is 16.6. The normalized spacial score (nSPS) is 11.6. The number of nitrogens with zero attached hydrogens (tertiary/aromatic N) is 2. The zero-order valence-electron chi connectivity index (χ0n) is 16.6. The van der Waals surface area contributed by atoms with E-state index in [1.165, 1.54) is 5.56 Å². The maximum absolute atomic E-state index is 12.1. The standard InChI is InChI=1S/C25H23N3O/c1-18(15-19-9-5-3-6-10-19)24-27-22-16-21(25(29)26-2)13-14-23(22)28(24)17-20-11-7-4-8-12-20/h3-16H,17H2,1-2H3,(H,26,29)/b18-15+. The van der Waals surface area contributed by atoms with Crippen molar-refractivity contribution in [2.24, 2.45) is 0 Å². The summed E-state index contributed by atoms with van der Waals surface area (Å²) in [6, 6.07) is 26.3. The van der Waals surface area contributed by atoms with Gasteiger partial charge in [-0.3, -0.25) is 4.79 Å². The third-order valence-electron chi connectivity index (χ3n) is 4.96. The molecule has 4 rings (SSSR count). The van der Waals surface area contributed by atoms with E-state index in [0.29, 0.717) is 12.1 Å². The van der Waals surface area contributed by atoms with Crippen LogP contribution < -0.4 is 5.32 Å². The lowest BCUT2D eigenvalue weighted by molar-refractivity contribution is 0.0963. The van der Waals surface area contributed by atoms with Gasteiger partial charge in [0.1, 0.15) is 5.82 Å². The van der Waals surface area contributed by atoms with E-state index < -0.39 is 0 Å². The molecule has 0 unspecified atom stereocenters. The van der Waals surface area contributed by atoms with E-state index in [1.54, 1.807) is 7.05 Å². The minimum Gasteiger partial charge on any atom is -0.355 e. The van der Waals surface area contributed by atoms with E-state index in [9.17, 15) is 4.79 Å². The van der Waals surface area contributed by atoms with Crippen molar-refractivity contribution in [2.75, 3.05) is 7.05 Å². The summed E-state index contributed by atoms with van der Waals surface area (Å²) in [5.41, 5.74) is 5.85. The van der Waals surface area contributed by atoms with Gasteiger partial charge in [0.05, 0.1) is 11.0 Å². The van der Waals surface area contributed by atoms with Crippen LogP contribution in [0.25, 0.3) is 22.7 Å². The van der Waals surface area contributed by atoms with Gasteiger partial charge >= 0.3 is 0 Å². The second kappa shape index (κ2) is 8.15. The summed E-state index contributed by atoms with van der Waals surface area (Å²) in [5, 5.41) is 2.68. The van der Waals surface area contributed by atoms with Crippen LogP contribution in [0, 0.1) is 0 Å². The number of allylic oxidation sites excluding steroid dienone is 1. The molecule has 4 heteroatoms. The number of carbonyl (C=O) groups is 1. The minimum atomic E-state index is -0.109. The van der Waals surface area contributed by atoms with Crippen LogP contribution in [0.3, 0.4) is 0 Å². The van der Waals surface area contributed by atoms with Gasteiger partial charge in [0.2, 0.25) is 0 Å². The maximum Gasteiger partial charge on any atom is 0.251 e. The quantitative estimate of drug-likeness (QED) is 0.528. The van der Waals surface area contributed by atoms with E-state index in [1.807, 2.05) is 54.6 Å². The number of amides is 1. The Morgan fingerprint density at radius 2 is 1.69 bits per heavy atom. The lowest BCUT2D eigenvalue weighted by Crippen LogP contribution is -2.17. The number of nitrogens with one attached hydrogen (secondary N) is 1. The Bertz CT molecular complexity index is 1170. The van der Waals surface area contributed by atoms with E-state index in [4.69, 9.17) is 4.98 Å². The van der Waals surface area contributed by atoms with Crippen molar-refractivity contribution < 1.29 is 4.79 Å². The lowest BCUT2D eigenvalue weighted by Gasteiger charge is -2.10. The minimum absolute atomic E-state index is 0.109. The molecular weight excluding hydrogens is 358 g/mol. The highest BCUT2D eigenvalue weighted by atomic mass is 16.1. The third kappa shape index (κ3) is 3.97. The lowest BCUT2D eigenvalue weighted by atomic mass is 10.1. The average molecular weight is 381 g/mol. The van der Waals surface area contributed by atoms with Crippen molar-refractivity contribution in [1.82, 2.24) is 14.9 Å². The molecule has 0 aliphatic heterocycles. The zero-order chi connectivity index (χ0) is 20.2. The molecule has 4 nitrogen and oxygen atoms in total. The van der Waals surface area contributed by atoms with Crippen molar-refractivity contribution in [2.45, 2.75) is 13.5 Å². The van der Waals surface area contributed by atoms with Gasteiger partial charge in [0.25, 0.3) is 5.91 Å². The van der Waals surface area contributed by atoms with E-state index in [-0.39, 0.29) is 5.91 Å². The van der Waals surface area contributed by atoms with Gasteiger partial charge in [-0.25, -0.2) is 4.98 Å². The van der Waals surface area contributed by atoms with Crippen molar-refractivity contribution in [1.29, 1.82) is 0 Å². The van der Waals surface area contributed by atoms with Gasteiger partial charge in [-0.1, -0.05) is 60.7 Å². The summed E-state index contributed by atoms with van der Waals surface area (Å²) in [7, 11) is 1.64. The molecule has 0 fully saturated rings. The molecule has 1 N–H and O–H groups in total. The molecule has 0 bridgehead atoms. The summed E-state index contributed by atoms with van der Waals surface area (Å²) >= 11 is 0. The smallest absolute Gasteiger partial charge is 0.251 e. The number of hydrogen-bond donors (Lipinski definition) is 1. The molecule has 1 aromatic heterocycles. The molecule has 29 heavy (non-hydrogen) atoms. The van der Waals surface area contributed by atoms with Crippen molar-refractivity contribution in [3.8, 4) is 0 Å². The summed E-state index contributed by atoms with van der Waals surface area (Å²) in [4.78, 5) is 17.0. The van der Waals surface area contributed by atoms with Gasteiger partial charge in [-0.05, 0) is 47.9 Å². The fourth-order valence-corrected chi connectivity index (χ4v) is 3.51. The second-order valence-electron chi connectivity index (χ2n) is 7.03. The molecule has 1 amide bonds. The predicted octanol–water partition coefficient (Wildman–Crippen LogP) is 5.00. The molecule has 0 saturated heterocycles. The highest BCUT2D eigenvalue weighted by Gasteiger charge is 2.15. The summed E-state index contributed by atoms with van der Waals surface area (Å²) in [6.45, 7) is 2.79. The molecule has 0 saturated carbocycles. The number of imidazole rings is 1. The van der Waals surface area contributed by atoms with Crippen LogP contribution in [0.15, 0.2) is 78.9 Å². The van der Waals surface area contributed by atoms with Crippen LogP contribution in [0.4, 0.5) is 0 Å². The van der Waals surface area contributed by atoms with E-state index in [2.05, 4.69) is 47.1 Å². The van der Waals surface area contributed by atoms with Crippen LogP contribution in [-0.4, -0.2) is 22.5 Å². The van der Waals surface area contributed by atoms with Gasteiger partial charge in [-0.15, -0.1) is 0 Å². The van der Waals surface area contributed by atoms with Gasteiger partial charge in [-0.2, -0.15) is 0 Å². The topological polar surface area (TPSA) is 46.9 Å². The van der Waals surface area contributed by atoms with E-state index in [0.717, 1.165) is 28.0 Å². The van der Waals surface area contributed by atoms with Crippen molar-refractivity contribution in [3.63, 3.8) is 0 Å². The van der Waals surface area contributed by atoms with Crippen molar-refractivity contribution in [3.05, 3.63) is 101 Å². The number of rotatable bonds is 5. The second-order valence-corrected chi connectivity index (χ2v) is 7.03. The molecule has 4 aromatic rings. The molecular formula is C25H23N3O. The first-order valence-corrected chi connectivity index (χ1v) is 9.66. The molecule has 0 atom stereocenters. The number of fused-ring (bicyclic) bond motifs is 1. The Hall–Kier alpha value is -3.66. The van der Waals surface area contributed by atoms with Crippen molar-refractivity contribution >= 4 is 28.6 Å². The third-order valence-corrected chi connectivity index (χ3v) is 4.96. The fourth-order valence-electron chi connectivity index (χ4n) is 3.51. The highest BCUT2D eigenvalue weighted by Crippen LogP contribution is 2.25. The van der Waals surface area contributed by atoms with Crippen LogP contribution in [0.1, 0.15) is 34.2 Å². The first-order valence-electron chi connectivity index (χ1n) is 9.66. The molecule has 0 aliphatic rings. The number of carbonyl (C=O) groups excluding carboxylic acids is 1. The highest BCUT2D eigenvalue weighted by molar-refractivity contribution is 5.97. The molecule has 1 heterocycles. The Morgan fingerprint density at radius 3 is 2.38 bits per heavy atom. The number of aromatic nitrogens is 2. The van der Waals surface area contributed by atoms with Crippen LogP contribution in [0.5, 0.6) is 0 Å². The van der Waals surface area contributed by atoms with Gasteiger partial charge < -0.3 is 9.88 Å². The maximum atomic E-state index is 12.1. The Kier molecular flexibility index (Phi) is 5.25. The molecule has 0 aliphatic carbocycles. The Labute approximate surface area is 170 Å². The number of benzene rings is 3. The SMILES string of the molecule is CNC(=O)c1ccc2c(c1)nc(/C(C)=C/c1ccccc1)n2Cc1ccccc1. The first kappa shape index (κ1) is 18.7. The van der Waals surface area contributed by atoms with Crippen LogP contribution in [-0.2, 0) is 6.54 Å². The van der Waals surface area contributed by atoms with Crippen LogP contribution >= 0.6 is 0 Å². The summed E-state index contributed by atoms with van der Waals surface area (Å²) < 4.78 is 2.22. The Balaban J connectivity index is 1.85. The van der Waals surface area contributed by atoms with E-state index >= 15 is 0 Å². The van der Waals surface area contributed by atoms with Gasteiger partial charge in [0, 0.05) is 19.2 Å². The monoisotopic (exact) mass is 381 g/mol.